The minimum atomic E-state index is 0.808. The molecule has 0 heteroatoms. The molecule has 3 aliphatic carbocycles. The van der Waals surface area contributed by atoms with Crippen molar-refractivity contribution in [1.82, 2.24) is 0 Å². The van der Waals surface area contributed by atoms with Gasteiger partial charge in [0.05, 0.1) is 0 Å². The molecule has 0 aromatic heterocycles. The lowest BCUT2D eigenvalue weighted by Crippen LogP contribution is -2.33. The first-order valence-electron chi connectivity index (χ1n) is 4.77. The first-order valence-corrected chi connectivity index (χ1v) is 4.77. The number of hydrogen-bond donors (Lipinski definition) is 0. The molecule has 4 unspecified atom stereocenters. The highest BCUT2D eigenvalue weighted by Gasteiger charge is 2.55. The predicted octanol–water partition coefficient (Wildman–Crippen LogP) is 2.83. The van der Waals surface area contributed by atoms with Crippen LogP contribution in [0.1, 0.15) is 39.0 Å². The van der Waals surface area contributed by atoms with Gasteiger partial charge in [-0.1, -0.05) is 6.92 Å². The average molecular weight is 136 g/mol. The second-order valence-electron chi connectivity index (χ2n) is 5.18. The van der Waals surface area contributed by atoms with Gasteiger partial charge in [-0.2, -0.15) is 0 Å². The van der Waals surface area contributed by atoms with Crippen molar-refractivity contribution in [2.24, 2.45) is 23.2 Å². The smallest absolute Gasteiger partial charge is 0.0320 e. The normalized spacial score (nSPS) is 63.9. The molecule has 10 heavy (non-hydrogen) atoms. The van der Waals surface area contributed by atoms with Crippen LogP contribution in [0, 0.1) is 23.2 Å². The number of rotatable bonds is 0. The van der Waals surface area contributed by atoms with Crippen LogP contribution < -0.4 is 0 Å². The third-order valence-corrected chi connectivity index (χ3v) is 4.42. The van der Waals surface area contributed by atoms with E-state index in [1.165, 1.54) is 17.8 Å². The lowest BCUT2D eigenvalue weighted by Gasteiger charge is -2.42. The van der Waals surface area contributed by atoms with Gasteiger partial charge < -0.3 is 0 Å². The summed E-state index contributed by atoms with van der Waals surface area (Å²) >= 11 is 0. The standard InChI is InChI=1S/C10H16/c1-10-3-2-7-4-8(5-10)9(7)6-10/h7-9H,2-6H2,1H3. The maximum absolute atomic E-state index is 2.52. The van der Waals surface area contributed by atoms with Gasteiger partial charge >= 0.3 is 0 Å². The molecule has 2 bridgehead atoms. The SMILES string of the molecule is CC12CCC3CC(C1)C3C2. The molecule has 3 rings (SSSR count). The van der Waals surface area contributed by atoms with Gasteiger partial charge in [0.1, 0.15) is 0 Å². The summed E-state index contributed by atoms with van der Waals surface area (Å²) in [6.45, 7) is 2.52. The van der Waals surface area contributed by atoms with Crippen molar-refractivity contribution in [3.8, 4) is 0 Å². The molecular formula is C10H16. The molecule has 56 valence electrons. The average Bonchev–Trinajstić information content (AvgIpc) is 2.05. The third-order valence-electron chi connectivity index (χ3n) is 4.42. The van der Waals surface area contributed by atoms with E-state index in [2.05, 4.69) is 6.92 Å². The summed E-state index contributed by atoms with van der Waals surface area (Å²) in [5, 5.41) is 0. The lowest BCUT2D eigenvalue weighted by molar-refractivity contribution is 0.0734. The summed E-state index contributed by atoms with van der Waals surface area (Å²) in [5.41, 5.74) is 0.808. The minimum Gasteiger partial charge on any atom is -0.0596 e. The molecule has 4 atom stereocenters. The molecule has 0 heterocycles. The topological polar surface area (TPSA) is 0 Å². The van der Waals surface area contributed by atoms with Crippen molar-refractivity contribution in [3.63, 3.8) is 0 Å². The fourth-order valence-corrected chi connectivity index (χ4v) is 3.85. The van der Waals surface area contributed by atoms with Crippen LogP contribution in [0.4, 0.5) is 0 Å². The van der Waals surface area contributed by atoms with Crippen LogP contribution in [-0.2, 0) is 0 Å². The molecule has 0 amide bonds. The Labute approximate surface area is 63.0 Å². The Morgan fingerprint density at radius 1 is 1.20 bits per heavy atom. The molecule has 0 aromatic carbocycles. The Hall–Kier alpha value is 0. The van der Waals surface area contributed by atoms with Gasteiger partial charge in [-0.25, -0.2) is 0 Å². The van der Waals surface area contributed by atoms with E-state index >= 15 is 0 Å². The van der Waals surface area contributed by atoms with E-state index in [1.807, 2.05) is 0 Å². The highest BCUT2D eigenvalue weighted by Crippen LogP contribution is 2.65. The molecule has 0 spiro atoms. The van der Waals surface area contributed by atoms with Gasteiger partial charge in [-0.05, 0) is 55.3 Å². The van der Waals surface area contributed by atoms with Crippen molar-refractivity contribution < 1.29 is 0 Å². The quantitative estimate of drug-likeness (QED) is 0.480. The van der Waals surface area contributed by atoms with Crippen LogP contribution in [0.15, 0.2) is 0 Å². The lowest BCUT2D eigenvalue weighted by atomic mass is 9.63. The monoisotopic (exact) mass is 136 g/mol. The van der Waals surface area contributed by atoms with E-state index in [0.717, 1.165) is 5.41 Å². The van der Waals surface area contributed by atoms with Gasteiger partial charge in [-0.3, -0.25) is 0 Å². The van der Waals surface area contributed by atoms with E-state index in [1.54, 1.807) is 32.1 Å². The summed E-state index contributed by atoms with van der Waals surface area (Å²) in [7, 11) is 0. The summed E-state index contributed by atoms with van der Waals surface area (Å²) in [4.78, 5) is 0. The maximum Gasteiger partial charge on any atom is -0.0320 e. The molecule has 0 aromatic rings. The van der Waals surface area contributed by atoms with Gasteiger partial charge in [0.25, 0.3) is 0 Å². The van der Waals surface area contributed by atoms with Crippen molar-refractivity contribution in [3.05, 3.63) is 0 Å². The van der Waals surface area contributed by atoms with Crippen molar-refractivity contribution in [2.75, 3.05) is 0 Å². The minimum absolute atomic E-state index is 0.808. The second-order valence-corrected chi connectivity index (χ2v) is 5.18. The predicted molar refractivity (Wildman–Crippen MR) is 41.7 cm³/mol. The molecule has 3 fully saturated rings. The second kappa shape index (κ2) is 1.44. The fourth-order valence-electron chi connectivity index (χ4n) is 3.85. The van der Waals surface area contributed by atoms with E-state index in [-0.39, 0.29) is 0 Å². The van der Waals surface area contributed by atoms with Crippen LogP contribution in [0.5, 0.6) is 0 Å². The Morgan fingerprint density at radius 3 is 2.90 bits per heavy atom. The molecule has 0 nitrogen and oxygen atoms in total. The highest BCUT2D eigenvalue weighted by molar-refractivity contribution is 5.05. The first-order chi connectivity index (χ1) is 4.77. The van der Waals surface area contributed by atoms with Crippen LogP contribution >= 0.6 is 0 Å². The summed E-state index contributed by atoms with van der Waals surface area (Å²) in [6, 6.07) is 0. The summed E-state index contributed by atoms with van der Waals surface area (Å²) in [6.07, 6.45) is 7.87. The summed E-state index contributed by atoms with van der Waals surface area (Å²) < 4.78 is 0. The van der Waals surface area contributed by atoms with Crippen LogP contribution in [0.2, 0.25) is 0 Å². The molecule has 0 radical (unpaired) electrons. The van der Waals surface area contributed by atoms with Crippen LogP contribution in [-0.4, -0.2) is 0 Å². The Morgan fingerprint density at radius 2 is 2.10 bits per heavy atom. The first kappa shape index (κ1) is 5.62. The fraction of sp³-hybridized carbons (Fsp3) is 1.00. The zero-order valence-corrected chi connectivity index (χ0v) is 6.77. The van der Waals surface area contributed by atoms with Gasteiger partial charge in [0, 0.05) is 0 Å². The van der Waals surface area contributed by atoms with Crippen LogP contribution in [0.25, 0.3) is 0 Å². The van der Waals surface area contributed by atoms with E-state index in [9.17, 15) is 0 Å². The van der Waals surface area contributed by atoms with Gasteiger partial charge in [-0.15, -0.1) is 0 Å². The molecule has 0 saturated heterocycles. The largest absolute Gasteiger partial charge is 0.0596 e. The van der Waals surface area contributed by atoms with Crippen molar-refractivity contribution in [1.29, 1.82) is 0 Å². The summed E-state index contributed by atoms with van der Waals surface area (Å²) in [5.74, 6) is 3.55. The third kappa shape index (κ3) is 0.500. The van der Waals surface area contributed by atoms with Crippen molar-refractivity contribution in [2.45, 2.75) is 39.0 Å². The molecule has 3 saturated carbocycles. The molecule has 3 aliphatic rings. The number of fused-ring (bicyclic) bond motifs is 1. The zero-order valence-electron chi connectivity index (χ0n) is 6.77. The zero-order chi connectivity index (χ0) is 6.77. The highest BCUT2D eigenvalue weighted by atomic mass is 14.6. The van der Waals surface area contributed by atoms with E-state index in [4.69, 9.17) is 0 Å². The molecular weight excluding hydrogens is 120 g/mol. The maximum atomic E-state index is 2.52. The number of hydrogen-bond acceptors (Lipinski definition) is 0. The Bertz CT molecular complexity index is 169. The van der Waals surface area contributed by atoms with Crippen LogP contribution in [0.3, 0.4) is 0 Å². The van der Waals surface area contributed by atoms with E-state index < -0.39 is 0 Å². The van der Waals surface area contributed by atoms with Gasteiger partial charge in [0.15, 0.2) is 0 Å². The van der Waals surface area contributed by atoms with E-state index in [0.29, 0.717) is 0 Å². The van der Waals surface area contributed by atoms with Crippen molar-refractivity contribution >= 4 is 0 Å². The Balaban J connectivity index is 1.97. The molecule has 0 N–H and O–H groups in total. The van der Waals surface area contributed by atoms with Gasteiger partial charge in [0.2, 0.25) is 0 Å². The Kier molecular flexibility index (Phi) is 0.810. The molecule has 0 aliphatic heterocycles.